The van der Waals surface area contributed by atoms with E-state index in [1.807, 2.05) is 34.6 Å². The number of ether oxygens (including phenoxy) is 2. The van der Waals surface area contributed by atoms with E-state index in [-0.39, 0.29) is 36.5 Å². The van der Waals surface area contributed by atoms with Crippen molar-refractivity contribution >= 4 is 17.8 Å². The van der Waals surface area contributed by atoms with Crippen LogP contribution in [0.1, 0.15) is 53.5 Å². The van der Waals surface area contributed by atoms with Crippen LogP contribution in [-0.2, 0) is 11.4 Å². The van der Waals surface area contributed by atoms with Gasteiger partial charge in [-0.2, -0.15) is 4.39 Å². The Hall–Kier alpha value is -3.36. The molecule has 8 nitrogen and oxygen atoms in total. The minimum absolute atomic E-state index is 0.00461. The molecule has 1 atom stereocenters. The molecule has 0 radical (unpaired) electrons. The summed E-state index contributed by atoms with van der Waals surface area (Å²) >= 11 is 0. The summed E-state index contributed by atoms with van der Waals surface area (Å²) in [6, 6.07) is 4.44. The van der Waals surface area contributed by atoms with E-state index in [9.17, 15) is 14.7 Å². The summed E-state index contributed by atoms with van der Waals surface area (Å²) in [6.07, 6.45) is 1.12. The highest BCUT2D eigenvalue weighted by molar-refractivity contribution is 5.89. The van der Waals surface area contributed by atoms with E-state index < -0.39 is 23.5 Å². The lowest BCUT2D eigenvalue weighted by Crippen LogP contribution is -2.53. The summed E-state index contributed by atoms with van der Waals surface area (Å²) in [5.41, 5.74) is 1.37. The van der Waals surface area contributed by atoms with Crippen LogP contribution in [0.15, 0.2) is 24.4 Å². The number of nitrogens with one attached hydrogen (secondary N) is 1. The van der Waals surface area contributed by atoms with Gasteiger partial charge < -0.3 is 19.9 Å². The Balaban J connectivity index is 1.89. The van der Waals surface area contributed by atoms with E-state index in [1.165, 1.54) is 17.9 Å². The van der Waals surface area contributed by atoms with Gasteiger partial charge in [-0.3, -0.25) is 9.69 Å². The first-order valence-corrected chi connectivity index (χ1v) is 11.3. The number of anilines is 1. The van der Waals surface area contributed by atoms with E-state index in [4.69, 9.17) is 9.47 Å². The van der Waals surface area contributed by atoms with E-state index in [1.54, 1.807) is 18.3 Å². The van der Waals surface area contributed by atoms with E-state index >= 15 is 4.39 Å². The molecule has 0 spiro atoms. The number of carbonyl (C=O) groups excluding carboxylic acids is 1. The number of carbonyl (C=O) groups is 2. The largest absolute Gasteiger partial charge is 0.488 e. The Morgan fingerprint density at radius 1 is 1.29 bits per heavy atom. The zero-order chi connectivity index (χ0) is 25.2. The van der Waals surface area contributed by atoms with Gasteiger partial charge in [-0.15, -0.1) is 0 Å². The number of hydrogen-bond acceptors (Lipinski definition) is 5. The van der Waals surface area contributed by atoms with Gasteiger partial charge in [0.05, 0.1) is 6.04 Å². The number of hydrogen-bond donors (Lipinski definition) is 2. The molecule has 2 heterocycles. The van der Waals surface area contributed by atoms with Crippen molar-refractivity contribution in [1.82, 2.24) is 9.88 Å². The first kappa shape index (κ1) is 25.3. The van der Waals surface area contributed by atoms with Crippen LogP contribution < -0.4 is 14.8 Å². The second kappa shape index (κ2) is 9.87. The molecule has 3 rings (SSSR count). The van der Waals surface area contributed by atoms with Crippen molar-refractivity contribution in [1.29, 1.82) is 0 Å². The fourth-order valence-electron chi connectivity index (χ4n) is 4.22. The molecule has 0 bridgehead atoms. The zero-order valence-electron chi connectivity index (χ0n) is 20.4. The highest BCUT2D eigenvalue weighted by Gasteiger charge is 2.34. The Morgan fingerprint density at radius 2 is 2.00 bits per heavy atom. The lowest BCUT2D eigenvalue weighted by Gasteiger charge is -2.40. The van der Waals surface area contributed by atoms with Crippen LogP contribution in [0.2, 0.25) is 0 Å². The minimum atomic E-state index is -1.05. The Kier molecular flexibility index (Phi) is 7.33. The summed E-state index contributed by atoms with van der Waals surface area (Å²) in [6.45, 7) is 11.0. The van der Waals surface area contributed by atoms with Gasteiger partial charge in [-0.05, 0) is 56.9 Å². The number of aromatic nitrogens is 1. The van der Waals surface area contributed by atoms with Gasteiger partial charge in [0.2, 0.25) is 11.7 Å². The van der Waals surface area contributed by atoms with Crippen molar-refractivity contribution < 1.29 is 28.6 Å². The number of amides is 2. The van der Waals surface area contributed by atoms with Crippen LogP contribution in [0.3, 0.4) is 0 Å². The topological polar surface area (TPSA) is 101 Å². The average molecular weight is 474 g/mol. The van der Waals surface area contributed by atoms with Crippen LogP contribution in [0.25, 0.3) is 11.1 Å². The number of carboxylic acid groups (broad SMARTS) is 1. The number of pyridine rings is 1. The summed E-state index contributed by atoms with van der Waals surface area (Å²) in [5, 5.41) is 12.4. The predicted molar refractivity (Wildman–Crippen MR) is 127 cm³/mol. The third kappa shape index (κ3) is 5.58. The Labute approximate surface area is 199 Å². The van der Waals surface area contributed by atoms with Gasteiger partial charge in [-0.1, -0.05) is 13.8 Å². The zero-order valence-corrected chi connectivity index (χ0v) is 20.4. The van der Waals surface area contributed by atoms with E-state index in [2.05, 4.69) is 10.3 Å². The molecule has 1 aliphatic rings. The number of halogens is 1. The average Bonchev–Trinajstić information content (AvgIpc) is 2.70. The number of rotatable bonds is 7. The van der Waals surface area contributed by atoms with Gasteiger partial charge in [0.15, 0.2) is 11.5 Å². The molecule has 2 N–H and O–H groups in total. The summed E-state index contributed by atoms with van der Waals surface area (Å²) in [7, 11) is 0. The summed E-state index contributed by atoms with van der Waals surface area (Å²) < 4.78 is 26.9. The second-order valence-electron chi connectivity index (χ2n) is 9.87. The van der Waals surface area contributed by atoms with Gasteiger partial charge >= 0.3 is 6.09 Å². The fraction of sp³-hybridized carbons (Fsp3) is 0.480. The molecular weight excluding hydrogens is 441 g/mol. The number of fused-ring (bicyclic) bond motifs is 3. The molecule has 2 amide bonds. The normalized spacial score (nSPS) is 13.4. The molecule has 1 aliphatic heterocycles. The number of benzene rings is 1. The van der Waals surface area contributed by atoms with Crippen molar-refractivity contribution in [2.75, 3.05) is 11.9 Å². The molecule has 0 fully saturated rings. The quantitative estimate of drug-likeness (QED) is 0.565. The highest BCUT2D eigenvalue weighted by Crippen LogP contribution is 2.43. The molecular formula is C25H32FN3O5. The fourth-order valence-corrected chi connectivity index (χ4v) is 4.22. The van der Waals surface area contributed by atoms with Crippen LogP contribution in [0.4, 0.5) is 15.0 Å². The number of nitrogens with zero attached hydrogens (tertiary/aromatic N) is 2. The summed E-state index contributed by atoms with van der Waals surface area (Å²) in [5.74, 6) is -0.273. The third-order valence-corrected chi connectivity index (χ3v) is 5.48. The molecule has 1 aromatic heterocycles. The molecule has 1 aromatic carbocycles. The van der Waals surface area contributed by atoms with Gasteiger partial charge in [0.25, 0.3) is 0 Å². The third-order valence-electron chi connectivity index (χ3n) is 5.48. The molecule has 2 aromatic rings. The first-order chi connectivity index (χ1) is 15.9. The van der Waals surface area contributed by atoms with Crippen LogP contribution >= 0.6 is 0 Å². The molecule has 0 aliphatic carbocycles. The maximum Gasteiger partial charge on any atom is 0.408 e. The molecule has 0 saturated heterocycles. The standard InChI is InChI=1S/C25H32FN3O5/c1-14(2)9-17(29(24(31)32)25(4,5)6)13-33-20-8-7-18-19-10-21(28-15(3)30)27-11-16(19)12-34-23(18)22(20)26/h7-8,10-11,14,17H,9,12-13H2,1-6H3,(H,31,32)(H,27,28,30)/t17-/m0/s1. The molecule has 34 heavy (non-hydrogen) atoms. The minimum Gasteiger partial charge on any atom is -0.488 e. The lowest BCUT2D eigenvalue weighted by atomic mass is 9.97. The summed E-state index contributed by atoms with van der Waals surface area (Å²) in [4.78, 5) is 28.9. The van der Waals surface area contributed by atoms with Crippen LogP contribution in [0, 0.1) is 11.7 Å². The monoisotopic (exact) mass is 473 g/mol. The van der Waals surface area contributed by atoms with Crippen molar-refractivity contribution in [3.8, 4) is 22.6 Å². The Bertz CT molecular complexity index is 1080. The lowest BCUT2D eigenvalue weighted by molar-refractivity contribution is -0.114. The highest BCUT2D eigenvalue weighted by atomic mass is 19.1. The molecule has 184 valence electrons. The van der Waals surface area contributed by atoms with Gasteiger partial charge in [0, 0.05) is 29.8 Å². The van der Waals surface area contributed by atoms with Crippen molar-refractivity contribution in [3.05, 3.63) is 35.8 Å². The van der Waals surface area contributed by atoms with E-state index in [0.717, 1.165) is 5.56 Å². The Morgan fingerprint density at radius 3 is 2.59 bits per heavy atom. The molecule has 0 unspecified atom stereocenters. The maximum atomic E-state index is 15.4. The van der Waals surface area contributed by atoms with E-state index in [0.29, 0.717) is 23.4 Å². The van der Waals surface area contributed by atoms with Crippen LogP contribution in [-0.4, -0.2) is 45.2 Å². The van der Waals surface area contributed by atoms with Gasteiger partial charge in [0.1, 0.15) is 19.0 Å². The van der Waals surface area contributed by atoms with Crippen LogP contribution in [0.5, 0.6) is 11.5 Å². The smallest absolute Gasteiger partial charge is 0.408 e. The van der Waals surface area contributed by atoms with Crippen molar-refractivity contribution in [2.24, 2.45) is 5.92 Å². The second-order valence-corrected chi connectivity index (χ2v) is 9.87. The van der Waals surface area contributed by atoms with Gasteiger partial charge in [-0.25, -0.2) is 9.78 Å². The molecule has 0 saturated carbocycles. The van der Waals surface area contributed by atoms with Crippen molar-refractivity contribution in [3.63, 3.8) is 0 Å². The molecule has 9 heteroatoms. The first-order valence-electron chi connectivity index (χ1n) is 11.3. The maximum absolute atomic E-state index is 15.4. The van der Waals surface area contributed by atoms with Crippen molar-refractivity contribution in [2.45, 2.75) is 66.2 Å². The predicted octanol–water partition coefficient (Wildman–Crippen LogP) is 5.31. The SMILES string of the molecule is CC(=O)Nc1cc2c(cn1)COc1c-2ccc(OC[C@H](CC(C)C)N(C(=O)O)C(C)(C)C)c1F.